The monoisotopic (exact) mass is 367 g/mol. The van der Waals surface area contributed by atoms with E-state index in [1.807, 2.05) is 0 Å². The number of sulfonamides is 1. The number of carbonyl (C=O) groups excluding carboxylic acids is 1. The minimum absolute atomic E-state index is 0.0898. The summed E-state index contributed by atoms with van der Waals surface area (Å²) in [5.41, 5.74) is -0.230. The molecule has 25 heavy (non-hydrogen) atoms. The molecule has 0 atom stereocenters. The third kappa shape index (κ3) is 4.27. The lowest BCUT2D eigenvalue weighted by atomic mass is 10.3. The molecular weight excluding hydrogens is 349 g/mol. The van der Waals surface area contributed by atoms with Crippen molar-refractivity contribution < 1.29 is 27.1 Å². The zero-order valence-electron chi connectivity index (χ0n) is 13.8. The lowest BCUT2D eigenvalue weighted by Crippen LogP contribution is -2.37. The molecule has 2 rings (SSSR count). The van der Waals surface area contributed by atoms with Crippen molar-refractivity contribution in [1.29, 1.82) is 0 Å². The summed E-state index contributed by atoms with van der Waals surface area (Å²) in [4.78, 5) is 11.7. The van der Waals surface area contributed by atoms with Gasteiger partial charge in [-0.25, -0.2) is 12.8 Å². The molecule has 0 aromatic heterocycles. The molecule has 0 saturated heterocycles. The van der Waals surface area contributed by atoms with Gasteiger partial charge in [-0.05, 0) is 43.3 Å². The fraction of sp³-hybridized carbons (Fsp3) is 0.235. The summed E-state index contributed by atoms with van der Waals surface area (Å²) in [6.07, 6.45) is 0. The summed E-state index contributed by atoms with van der Waals surface area (Å²) in [6.45, 7) is 1.05. The molecule has 6 nitrogen and oxygen atoms in total. The number of nitrogens with zero attached hydrogens (tertiary/aromatic N) is 1. The quantitative estimate of drug-likeness (QED) is 0.704. The van der Waals surface area contributed by atoms with Gasteiger partial charge in [-0.2, -0.15) is 0 Å². The number of hydrogen-bond donors (Lipinski definition) is 0. The molecular formula is C17H18FNO5S. The van der Waals surface area contributed by atoms with Gasteiger partial charge in [0.1, 0.15) is 18.1 Å². The van der Waals surface area contributed by atoms with Crippen molar-refractivity contribution in [3.63, 3.8) is 0 Å². The molecule has 0 aliphatic heterocycles. The Bertz CT molecular complexity index is 836. The summed E-state index contributed by atoms with van der Waals surface area (Å²) in [6, 6.07) is 10.9. The van der Waals surface area contributed by atoms with Gasteiger partial charge < -0.3 is 9.47 Å². The number of carbonyl (C=O) groups is 1. The smallest absolute Gasteiger partial charge is 0.326 e. The van der Waals surface area contributed by atoms with E-state index in [1.165, 1.54) is 49.6 Å². The van der Waals surface area contributed by atoms with Gasteiger partial charge in [0.15, 0.2) is 0 Å². The molecule has 2 aromatic rings. The van der Waals surface area contributed by atoms with Crippen molar-refractivity contribution in [3.05, 3.63) is 54.3 Å². The lowest BCUT2D eigenvalue weighted by molar-refractivity contribution is -0.141. The Kier molecular flexibility index (Phi) is 5.97. The van der Waals surface area contributed by atoms with E-state index in [0.717, 1.165) is 6.07 Å². The predicted molar refractivity (Wildman–Crippen MR) is 90.6 cm³/mol. The first-order chi connectivity index (χ1) is 11.9. The number of halogens is 1. The predicted octanol–water partition coefficient (Wildman–Crippen LogP) is 2.59. The van der Waals surface area contributed by atoms with E-state index in [9.17, 15) is 17.6 Å². The van der Waals surface area contributed by atoms with Gasteiger partial charge >= 0.3 is 5.97 Å². The summed E-state index contributed by atoms with van der Waals surface area (Å²) in [7, 11) is -2.72. The van der Waals surface area contributed by atoms with Crippen LogP contribution in [0.5, 0.6) is 5.75 Å². The van der Waals surface area contributed by atoms with Gasteiger partial charge in [0.2, 0.25) is 0 Å². The molecule has 0 fully saturated rings. The average Bonchev–Trinajstić information content (AvgIpc) is 2.60. The summed E-state index contributed by atoms with van der Waals surface area (Å²) in [5, 5.41) is 0. The van der Waals surface area contributed by atoms with Crippen LogP contribution in [0.4, 0.5) is 10.1 Å². The molecule has 0 bridgehead atoms. The van der Waals surface area contributed by atoms with Crippen LogP contribution in [0.2, 0.25) is 0 Å². The fourth-order valence-electron chi connectivity index (χ4n) is 2.15. The van der Waals surface area contributed by atoms with Gasteiger partial charge in [0, 0.05) is 0 Å². The highest BCUT2D eigenvalue weighted by molar-refractivity contribution is 7.92. The van der Waals surface area contributed by atoms with Crippen molar-refractivity contribution in [2.75, 3.05) is 24.6 Å². The first kappa shape index (κ1) is 18.7. The average molecular weight is 367 g/mol. The lowest BCUT2D eigenvalue weighted by Gasteiger charge is -2.24. The molecule has 8 heteroatoms. The van der Waals surface area contributed by atoms with Gasteiger partial charge in [0.25, 0.3) is 10.0 Å². The van der Waals surface area contributed by atoms with E-state index < -0.39 is 28.4 Å². The van der Waals surface area contributed by atoms with E-state index in [1.54, 1.807) is 6.92 Å². The molecule has 0 aliphatic rings. The van der Waals surface area contributed by atoms with E-state index in [2.05, 4.69) is 0 Å². The Morgan fingerprint density at radius 1 is 1.12 bits per heavy atom. The molecule has 2 aromatic carbocycles. The minimum Gasteiger partial charge on any atom is -0.497 e. The Hall–Kier alpha value is -2.61. The molecule has 0 heterocycles. The zero-order chi connectivity index (χ0) is 18.4. The number of esters is 1. The van der Waals surface area contributed by atoms with Gasteiger partial charge in [-0.15, -0.1) is 0 Å². The van der Waals surface area contributed by atoms with E-state index in [-0.39, 0.29) is 17.2 Å². The van der Waals surface area contributed by atoms with Crippen LogP contribution < -0.4 is 9.04 Å². The Balaban J connectivity index is 2.49. The molecule has 0 N–H and O–H groups in total. The number of anilines is 1. The Labute approximate surface area is 145 Å². The van der Waals surface area contributed by atoms with Crippen LogP contribution in [0.15, 0.2) is 53.4 Å². The second-order valence-electron chi connectivity index (χ2n) is 4.94. The molecule has 134 valence electrons. The fourth-order valence-corrected chi connectivity index (χ4v) is 3.57. The van der Waals surface area contributed by atoms with Gasteiger partial charge in [-0.1, -0.05) is 12.1 Å². The number of hydrogen-bond acceptors (Lipinski definition) is 5. The maximum atomic E-state index is 14.2. The topological polar surface area (TPSA) is 72.9 Å². The van der Waals surface area contributed by atoms with Gasteiger partial charge in [-0.3, -0.25) is 9.10 Å². The van der Waals surface area contributed by atoms with Crippen molar-refractivity contribution >= 4 is 21.7 Å². The highest BCUT2D eigenvalue weighted by atomic mass is 32.2. The first-order valence-electron chi connectivity index (χ1n) is 7.47. The third-order valence-corrected chi connectivity index (χ3v) is 5.12. The van der Waals surface area contributed by atoms with Crippen LogP contribution >= 0.6 is 0 Å². The third-order valence-electron chi connectivity index (χ3n) is 3.35. The molecule has 0 radical (unpaired) electrons. The largest absolute Gasteiger partial charge is 0.497 e. The van der Waals surface area contributed by atoms with Crippen molar-refractivity contribution in [3.8, 4) is 5.75 Å². The summed E-state index contributed by atoms with van der Waals surface area (Å²) in [5.74, 6) is -1.06. The maximum Gasteiger partial charge on any atom is 0.326 e. The van der Waals surface area contributed by atoms with Crippen LogP contribution in [0, 0.1) is 5.82 Å². The normalized spacial score (nSPS) is 11.0. The van der Waals surface area contributed by atoms with Crippen LogP contribution in [-0.4, -0.2) is 34.6 Å². The number of benzene rings is 2. The second kappa shape index (κ2) is 7.98. The van der Waals surface area contributed by atoms with Crippen LogP contribution in [0.25, 0.3) is 0 Å². The summed E-state index contributed by atoms with van der Waals surface area (Å²) >= 11 is 0. The minimum atomic E-state index is -4.18. The standard InChI is InChI=1S/C17H18FNO5S/c1-3-24-17(20)12-19(16-7-5-4-6-15(16)18)25(21,22)14-10-8-13(23-2)9-11-14/h4-11H,3,12H2,1-2H3. The molecule has 0 unspecified atom stereocenters. The number of para-hydroxylation sites is 1. The van der Waals surface area contributed by atoms with Gasteiger partial charge in [0.05, 0.1) is 24.3 Å². The first-order valence-corrected chi connectivity index (χ1v) is 8.91. The number of methoxy groups -OCH3 is 1. The van der Waals surface area contributed by atoms with E-state index >= 15 is 0 Å². The highest BCUT2D eigenvalue weighted by Crippen LogP contribution is 2.27. The number of rotatable bonds is 7. The van der Waals surface area contributed by atoms with Crippen molar-refractivity contribution in [2.45, 2.75) is 11.8 Å². The van der Waals surface area contributed by atoms with Crippen molar-refractivity contribution in [2.24, 2.45) is 0 Å². The van der Waals surface area contributed by atoms with Crippen molar-refractivity contribution in [1.82, 2.24) is 0 Å². The Morgan fingerprint density at radius 2 is 1.76 bits per heavy atom. The summed E-state index contributed by atoms with van der Waals surface area (Å²) < 4.78 is 50.5. The SMILES string of the molecule is CCOC(=O)CN(c1ccccc1F)S(=O)(=O)c1ccc(OC)cc1. The van der Waals surface area contributed by atoms with E-state index in [0.29, 0.717) is 10.1 Å². The van der Waals surface area contributed by atoms with Crippen LogP contribution in [0.3, 0.4) is 0 Å². The maximum absolute atomic E-state index is 14.2. The highest BCUT2D eigenvalue weighted by Gasteiger charge is 2.29. The molecule has 0 amide bonds. The molecule has 0 aliphatic carbocycles. The Morgan fingerprint density at radius 3 is 2.32 bits per heavy atom. The van der Waals surface area contributed by atoms with E-state index in [4.69, 9.17) is 9.47 Å². The molecule has 0 saturated carbocycles. The van der Waals surface area contributed by atoms with Crippen LogP contribution in [-0.2, 0) is 19.6 Å². The second-order valence-corrected chi connectivity index (χ2v) is 6.81. The molecule has 0 spiro atoms. The van der Waals surface area contributed by atoms with Crippen LogP contribution in [0.1, 0.15) is 6.92 Å². The zero-order valence-corrected chi connectivity index (χ0v) is 14.6. The number of ether oxygens (including phenoxy) is 2.